The SMILES string of the molecule is CCOc1ccccc1N(CC(=O)N/N=C(/CC)c1ccc(OC)c(OC)c1)S(=O)(=O)c1ccc(Cl)cc1. The summed E-state index contributed by atoms with van der Waals surface area (Å²) in [6.07, 6.45) is 0.496. The highest BCUT2D eigenvalue weighted by Crippen LogP contribution is 2.33. The van der Waals surface area contributed by atoms with E-state index in [9.17, 15) is 13.2 Å². The van der Waals surface area contributed by atoms with Crippen molar-refractivity contribution in [3.63, 3.8) is 0 Å². The van der Waals surface area contributed by atoms with E-state index < -0.39 is 22.5 Å². The van der Waals surface area contributed by atoms with Gasteiger partial charge in [-0.2, -0.15) is 5.10 Å². The molecule has 202 valence electrons. The van der Waals surface area contributed by atoms with E-state index in [0.717, 1.165) is 9.87 Å². The van der Waals surface area contributed by atoms with Gasteiger partial charge in [0.25, 0.3) is 15.9 Å². The van der Waals surface area contributed by atoms with Gasteiger partial charge in [0.15, 0.2) is 11.5 Å². The number of anilines is 1. The molecule has 0 unspecified atom stereocenters. The molecular formula is C27H30ClN3O6S. The van der Waals surface area contributed by atoms with Gasteiger partial charge in [-0.25, -0.2) is 13.8 Å². The number of nitrogens with zero attached hydrogens (tertiary/aromatic N) is 2. The molecule has 0 spiro atoms. The number of rotatable bonds is 12. The predicted octanol–water partition coefficient (Wildman–Crippen LogP) is 4.88. The van der Waals surface area contributed by atoms with Gasteiger partial charge in [-0.05, 0) is 67.9 Å². The lowest BCUT2D eigenvalue weighted by molar-refractivity contribution is -0.119. The van der Waals surface area contributed by atoms with Crippen molar-refractivity contribution >= 4 is 38.9 Å². The third kappa shape index (κ3) is 6.76. The van der Waals surface area contributed by atoms with Crippen LogP contribution >= 0.6 is 11.6 Å². The highest BCUT2D eigenvalue weighted by atomic mass is 35.5. The fourth-order valence-corrected chi connectivity index (χ4v) is 5.19. The van der Waals surface area contributed by atoms with Crippen molar-refractivity contribution in [2.24, 2.45) is 5.10 Å². The fourth-order valence-electron chi connectivity index (χ4n) is 3.63. The molecule has 0 aliphatic carbocycles. The van der Waals surface area contributed by atoms with Crippen LogP contribution in [0.4, 0.5) is 5.69 Å². The third-order valence-electron chi connectivity index (χ3n) is 5.49. The molecule has 11 heteroatoms. The van der Waals surface area contributed by atoms with Crippen LogP contribution in [0.15, 0.2) is 76.7 Å². The number of para-hydroxylation sites is 2. The Balaban J connectivity index is 1.94. The Labute approximate surface area is 228 Å². The van der Waals surface area contributed by atoms with Crippen LogP contribution in [0.5, 0.6) is 17.2 Å². The Morgan fingerprint density at radius 3 is 2.26 bits per heavy atom. The molecule has 3 aromatic rings. The molecule has 0 saturated heterocycles. The molecule has 0 aromatic heterocycles. The van der Waals surface area contributed by atoms with E-state index in [1.54, 1.807) is 56.5 Å². The number of methoxy groups -OCH3 is 2. The van der Waals surface area contributed by atoms with E-state index in [2.05, 4.69) is 10.5 Å². The van der Waals surface area contributed by atoms with Gasteiger partial charge in [-0.3, -0.25) is 9.10 Å². The molecule has 3 aromatic carbocycles. The molecule has 9 nitrogen and oxygen atoms in total. The van der Waals surface area contributed by atoms with Crippen molar-refractivity contribution in [1.82, 2.24) is 5.43 Å². The first kappa shape index (κ1) is 28.8. The predicted molar refractivity (Wildman–Crippen MR) is 148 cm³/mol. The molecule has 3 rings (SSSR count). The van der Waals surface area contributed by atoms with Crippen molar-refractivity contribution in [2.75, 3.05) is 31.7 Å². The van der Waals surface area contributed by atoms with E-state index in [0.29, 0.717) is 41.0 Å². The highest BCUT2D eigenvalue weighted by Gasteiger charge is 2.29. The van der Waals surface area contributed by atoms with E-state index >= 15 is 0 Å². The Morgan fingerprint density at radius 2 is 1.63 bits per heavy atom. The summed E-state index contributed by atoms with van der Waals surface area (Å²) >= 11 is 5.96. The van der Waals surface area contributed by atoms with Crippen LogP contribution in [0.2, 0.25) is 5.02 Å². The summed E-state index contributed by atoms with van der Waals surface area (Å²) in [6.45, 7) is 3.45. The van der Waals surface area contributed by atoms with Gasteiger partial charge in [0, 0.05) is 10.6 Å². The largest absolute Gasteiger partial charge is 0.493 e. The maximum atomic E-state index is 13.7. The number of nitrogens with one attached hydrogen (secondary N) is 1. The zero-order chi connectivity index (χ0) is 27.7. The average molecular weight is 560 g/mol. The minimum Gasteiger partial charge on any atom is -0.493 e. The second-order valence-corrected chi connectivity index (χ2v) is 10.2. The molecule has 0 heterocycles. The Hall–Kier alpha value is -3.76. The Morgan fingerprint density at radius 1 is 0.947 bits per heavy atom. The normalized spacial score (nSPS) is 11.6. The van der Waals surface area contributed by atoms with Crippen molar-refractivity contribution in [3.05, 3.63) is 77.3 Å². The first-order valence-electron chi connectivity index (χ1n) is 11.8. The van der Waals surface area contributed by atoms with Crippen molar-refractivity contribution < 1.29 is 27.4 Å². The molecular weight excluding hydrogens is 530 g/mol. The monoisotopic (exact) mass is 559 g/mol. The van der Waals surface area contributed by atoms with Crippen LogP contribution in [-0.4, -0.2) is 47.4 Å². The number of amides is 1. The lowest BCUT2D eigenvalue weighted by Gasteiger charge is -2.25. The van der Waals surface area contributed by atoms with Gasteiger partial charge in [0.2, 0.25) is 0 Å². The number of hydrogen-bond acceptors (Lipinski definition) is 7. The molecule has 0 aliphatic heterocycles. The van der Waals surface area contributed by atoms with E-state index in [-0.39, 0.29) is 10.6 Å². The Kier molecular flexibility index (Phi) is 9.98. The molecule has 38 heavy (non-hydrogen) atoms. The van der Waals surface area contributed by atoms with Crippen LogP contribution in [0.1, 0.15) is 25.8 Å². The number of sulfonamides is 1. The summed E-state index contributed by atoms with van der Waals surface area (Å²) in [7, 11) is -1.09. The van der Waals surface area contributed by atoms with Crippen LogP contribution < -0.4 is 23.9 Å². The lowest BCUT2D eigenvalue weighted by Crippen LogP contribution is -2.40. The summed E-state index contributed by atoms with van der Waals surface area (Å²) in [4.78, 5) is 13.0. The van der Waals surface area contributed by atoms with Gasteiger partial charge >= 0.3 is 0 Å². The highest BCUT2D eigenvalue weighted by molar-refractivity contribution is 7.92. The topological polar surface area (TPSA) is 107 Å². The smallest absolute Gasteiger partial charge is 0.264 e. The number of carbonyl (C=O) groups is 1. The Bertz CT molecular complexity index is 1390. The summed E-state index contributed by atoms with van der Waals surface area (Å²) in [5.74, 6) is 0.765. The van der Waals surface area contributed by atoms with Crippen LogP contribution in [0.25, 0.3) is 0 Å². The molecule has 0 saturated carbocycles. The number of hydrazone groups is 1. The van der Waals surface area contributed by atoms with Gasteiger partial charge in [-0.15, -0.1) is 0 Å². The molecule has 1 amide bonds. The average Bonchev–Trinajstić information content (AvgIpc) is 2.92. The minimum absolute atomic E-state index is 0.0240. The molecule has 0 radical (unpaired) electrons. The van der Waals surface area contributed by atoms with E-state index in [4.69, 9.17) is 25.8 Å². The minimum atomic E-state index is -4.16. The van der Waals surface area contributed by atoms with Crippen molar-refractivity contribution in [3.8, 4) is 17.2 Å². The standard InChI is InChI=1S/C27H30ClN3O6S/c1-5-22(19-11-16-25(35-3)26(17-19)36-4)29-30-27(32)18-31(23-9-7-8-10-24(23)37-6-2)38(33,34)21-14-12-20(28)13-15-21/h7-17H,5-6,18H2,1-4H3,(H,30,32)/b29-22-. The maximum Gasteiger partial charge on any atom is 0.264 e. The summed E-state index contributed by atoms with van der Waals surface area (Å²) in [5, 5.41) is 4.65. The summed E-state index contributed by atoms with van der Waals surface area (Å²) < 4.78 is 44.6. The lowest BCUT2D eigenvalue weighted by atomic mass is 10.1. The second-order valence-electron chi connectivity index (χ2n) is 7.88. The first-order chi connectivity index (χ1) is 18.2. The summed E-state index contributed by atoms with van der Waals surface area (Å²) in [5.41, 5.74) is 4.00. The fraction of sp³-hybridized carbons (Fsp3) is 0.259. The van der Waals surface area contributed by atoms with Crippen molar-refractivity contribution in [1.29, 1.82) is 0 Å². The van der Waals surface area contributed by atoms with Crippen LogP contribution in [-0.2, 0) is 14.8 Å². The van der Waals surface area contributed by atoms with Crippen molar-refractivity contribution in [2.45, 2.75) is 25.2 Å². The number of benzene rings is 3. The number of hydrogen-bond donors (Lipinski definition) is 1. The maximum absolute atomic E-state index is 13.7. The zero-order valence-electron chi connectivity index (χ0n) is 21.6. The number of carbonyl (C=O) groups excluding carboxylic acids is 1. The molecule has 0 atom stereocenters. The van der Waals surface area contributed by atoms with Gasteiger partial charge < -0.3 is 14.2 Å². The van der Waals surface area contributed by atoms with E-state index in [1.807, 2.05) is 6.92 Å². The quantitative estimate of drug-likeness (QED) is 0.250. The summed E-state index contributed by atoms with van der Waals surface area (Å²) in [6, 6.07) is 17.6. The van der Waals surface area contributed by atoms with Crippen LogP contribution in [0, 0.1) is 0 Å². The second kappa shape index (κ2) is 13.2. The first-order valence-corrected chi connectivity index (χ1v) is 13.6. The van der Waals surface area contributed by atoms with Gasteiger partial charge in [0.05, 0.1) is 37.1 Å². The number of halogens is 1. The molecule has 0 aliphatic rings. The van der Waals surface area contributed by atoms with Gasteiger partial charge in [-0.1, -0.05) is 30.7 Å². The number of ether oxygens (including phenoxy) is 3. The zero-order valence-corrected chi connectivity index (χ0v) is 23.2. The third-order valence-corrected chi connectivity index (χ3v) is 7.52. The molecule has 0 fully saturated rings. The van der Waals surface area contributed by atoms with Gasteiger partial charge in [0.1, 0.15) is 12.3 Å². The van der Waals surface area contributed by atoms with Crippen LogP contribution in [0.3, 0.4) is 0 Å². The van der Waals surface area contributed by atoms with E-state index in [1.165, 1.54) is 31.4 Å². The molecule has 0 bridgehead atoms. The molecule has 1 N–H and O–H groups in total.